The van der Waals surface area contributed by atoms with Gasteiger partial charge in [0.05, 0.1) is 6.20 Å². The number of aromatic nitrogens is 3. The minimum Gasteiger partial charge on any atom is -0.342 e. The molecule has 6 nitrogen and oxygen atoms in total. The smallest absolute Gasteiger partial charge is 0.222 e. The largest absolute Gasteiger partial charge is 0.342 e. The number of amides is 1. The molecule has 2 atom stereocenters. The van der Waals surface area contributed by atoms with Crippen LogP contribution in [0.4, 0.5) is 0 Å². The van der Waals surface area contributed by atoms with E-state index in [-0.39, 0.29) is 5.91 Å². The fraction of sp³-hybridized carbons (Fsp3) is 0.579. The molecule has 0 spiro atoms. The predicted octanol–water partition coefficient (Wildman–Crippen LogP) is 2.65. The van der Waals surface area contributed by atoms with E-state index >= 15 is 0 Å². The lowest BCUT2D eigenvalue weighted by atomic mass is 9.91. The standard InChI is InChI=1S/C19H25N5O/c1-12-7-13(2)11-23(10-12)18(25)6-5-17-14(3)22-19-16(8-20)9-21-24(19)15(17)4/h9,12-13H,5-7,10-11H2,1-4H3/t12-,13-/m0/s1. The first-order valence-corrected chi connectivity index (χ1v) is 8.92. The molecule has 6 heteroatoms. The van der Waals surface area contributed by atoms with Crippen LogP contribution in [0.1, 0.15) is 49.2 Å². The van der Waals surface area contributed by atoms with Gasteiger partial charge in [0.2, 0.25) is 5.91 Å². The van der Waals surface area contributed by atoms with Crippen LogP contribution in [0.25, 0.3) is 5.65 Å². The Bertz CT molecular complexity index is 838. The first-order chi connectivity index (χ1) is 11.9. The Morgan fingerprint density at radius 2 is 2.00 bits per heavy atom. The van der Waals surface area contributed by atoms with Crippen molar-refractivity contribution >= 4 is 11.6 Å². The molecular weight excluding hydrogens is 314 g/mol. The van der Waals surface area contributed by atoms with Gasteiger partial charge in [0.15, 0.2) is 5.65 Å². The molecule has 1 saturated heterocycles. The van der Waals surface area contributed by atoms with Crippen LogP contribution < -0.4 is 0 Å². The summed E-state index contributed by atoms with van der Waals surface area (Å²) in [5, 5.41) is 13.4. The van der Waals surface area contributed by atoms with Gasteiger partial charge in [-0.15, -0.1) is 0 Å². The highest BCUT2D eigenvalue weighted by atomic mass is 16.2. The van der Waals surface area contributed by atoms with Crippen LogP contribution in [-0.2, 0) is 11.2 Å². The van der Waals surface area contributed by atoms with E-state index in [1.165, 1.54) is 6.42 Å². The molecular formula is C19H25N5O. The lowest BCUT2D eigenvalue weighted by molar-refractivity contribution is -0.133. The van der Waals surface area contributed by atoms with Crippen molar-refractivity contribution in [1.82, 2.24) is 19.5 Å². The zero-order chi connectivity index (χ0) is 18.1. The fourth-order valence-electron chi connectivity index (χ4n) is 4.01. The maximum absolute atomic E-state index is 12.6. The zero-order valence-electron chi connectivity index (χ0n) is 15.4. The minimum absolute atomic E-state index is 0.218. The van der Waals surface area contributed by atoms with Crippen LogP contribution in [0.15, 0.2) is 6.20 Å². The van der Waals surface area contributed by atoms with E-state index in [1.807, 2.05) is 18.7 Å². The number of carbonyl (C=O) groups excluding carboxylic acids is 1. The molecule has 1 fully saturated rings. The average Bonchev–Trinajstić information content (AvgIpc) is 2.96. The van der Waals surface area contributed by atoms with E-state index in [0.29, 0.717) is 35.9 Å². The molecule has 0 aliphatic carbocycles. The van der Waals surface area contributed by atoms with Crippen molar-refractivity contribution in [1.29, 1.82) is 5.26 Å². The zero-order valence-corrected chi connectivity index (χ0v) is 15.4. The van der Waals surface area contributed by atoms with Gasteiger partial charge in [-0.1, -0.05) is 13.8 Å². The third-order valence-corrected chi connectivity index (χ3v) is 5.14. The van der Waals surface area contributed by atoms with E-state index in [2.05, 4.69) is 30.0 Å². The monoisotopic (exact) mass is 339 g/mol. The Labute approximate surface area is 148 Å². The van der Waals surface area contributed by atoms with Gasteiger partial charge in [-0.2, -0.15) is 10.4 Å². The van der Waals surface area contributed by atoms with Gasteiger partial charge >= 0.3 is 0 Å². The summed E-state index contributed by atoms with van der Waals surface area (Å²) in [6, 6.07) is 2.12. The number of carbonyl (C=O) groups is 1. The van der Waals surface area contributed by atoms with E-state index in [4.69, 9.17) is 5.26 Å². The predicted molar refractivity (Wildman–Crippen MR) is 95.0 cm³/mol. The number of rotatable bonds is 3. The average molecular weight is 339 g/mol. The van der Waals surface area contributed by atoms with Gasteiger partial charge < -0.3 is 4.90 Å². The van der Waals surface area contributed by atoms with Gasteiger partial charge in [-0.3, -0.25) is 4.79 Å². The van der Waals surface area contributed by atoms with Crippen LogP contribution in [-0.4, -0.2) is 38.5 Å². The maximum Gasteiger partial charge on any atom is 0.222 e. The summed E-state index contributed by atoms with van der Waals surface area (Å²) in [7, 11) is 0. The fourth-order valence-corrected chi connectivity index (χ4v) is 4.01. The number of piperidine rings is 1. The van der Waals surface area contributed by atoms with Crippen LogP contribution in [0.3, 0.4) is 0 Å². The molecule has 1 aliphatic rings. The van der Waals surface area contributed by atoms with Crippen LogP contribution in [0.5, 0.6) is 0 Å². The number of nitriles is 1. The van der Waals surface area contributed by atoms with Crippen molar-refractivity contribution in [3.05, 3.63) is 28.7 Å². The van der Waals surface area contributed by atoms with Gasteiger partial charge in [-0.05, 0) is 44.1 Å². The molecule has 132 valence electrons. The molecule has 3 rings (SSSR count). The molecule has 25 heavy (non-hydrogen) atoms. The highest BCUT2D eigenvalue weighted by Gasteiger charge is 2.25. The molecule has 1 aliphatic heterocycles. The second-order valence-corrected chi connectivity index (χ2v) is 7.41. The van der Waals surface area contributed by atoms with Crippen molar-refractivity contribution in [2.75, 3.05) is 13.1 Å². The first kappa shape index (κ1) is 17.4. The van der Waals surface area contributed by atoms with Gasteiger partial charge in [0.1, 0.15) is 11.6 Å². The van der Waals surface area contributed by atoms with Crippen LogP contribution in [0.2, 0.25) is 0 Å². The summed E-state index contributed by atoms with van der Waals surface area (Å²) in [6.45, 7) is 10.1. The summed E-state index contributed by atoms with van der Waals surface area (Å²) in [5.74, 6) is 1.36. The molecule has 0 bridgehead atoms. The van der Waals surface area contributed by atoms with Crippen molar-refractivity contribution in [2.24, 2.45) is 11.8 Å². The molecule has 0 unspecified atom stereocenters. The van der Waals surface area contributed by atoms with Gasteiger partial charge in [0, 0.05) is 30.9 Å². The van der Waals surface area contributed by atoms with Crippen LogP contribution in [0, 0.1) is 37.0 Å². The van der Waals surface area contributed by atoms with Gasteiger partial charge in [0.25, 0.3) is 0 Å². The van der Waals surface area contributed by atoms with Crippen molar-refractivity contribution < 1.29 is 4.79 Å². The Kier molecular flexibility index (Phi) is 4.76. The summed E-state index contributed by atoms with van der Waals surface area (Å²) in [5.41, 5.74) is 3.94. The number of aryl methyl sites for hydroxylation is 2. The van der Waals surface area contributed by atoms with Gasteiger partial charge in [-0.25, -0.2) is 9.50 Å². The molecule has 2 aromatic rings. The summed E-state index contributed by atoms with van der Waals surface area (Å²) < 4.78 is 1.70. The number of likely N-dealkylation sites (tertiary alicyclic amines) is 1. The SMILES string of the molecule is Cc1nc2c(C#N)cnn2c(C)c1CCC(=O)N1C[C@@H](C)C[C@H](C)C1. The quantitative estimate of drug-likeness (QED) is 0.861. The lowest BCUT2D eigenvalue weighted by Gasteiger charge is -2.35. The second kappa shape index (κ2) is 6.83. The molecule has 0 saturated carbocycles. The van der Waals surface area contributed by atoms with Crippen molar-refractivity contribution in [2.45, 2.75) is 47.0 Å². The summed E-state index contributed by atoms with van der Waals surface area (Å²) in [6.07, 6.45) is 3.88. The molecule has 2 aromatic heterocycles. The molecule has 0 aromatic carbocycles. The molecule has 3 heterocycles. The number of hydrogen-bond acceptors (Lipinski definition) is 4. The van der Waals surface area contributed by atoms with E-state index in [1.54, 1.807) is 10.7 Å². The number of hydrogen-bond donors (Lipinski definition) is 0. The lowest BCUT2D eigenvalue weighted by Crippen LogP contribution is -2.42. The summed E-state index contributed by atoms with van der Waals surface area (Å²) >= 11 is 0. The third kappa shape index (κ3) is 3.37. The Balaban J connectivity index is 1.77. The van der Waals surface area contributed by atoms with E-state index in [9.17, 15) is 4.79 Å². The molecule has 0 N–H and O–H groups in total. The van der Waals surface area contributed by atoms with Crippen LogP contribution >= 0.6 is 0 Å². The highest BCUT2D eigenvalue weighted by Crippen LogP contribution is 2.23. The van der Waals surface area contributed by atoms with Crippen molar-refractivity contribution in [3.8, 4) is 6.07 Å². The van der Waals surface area contributed by atoms with E-state index in [0.717, 1.165) is 30.0 Å². The van der Waals surface area contributed by atoms with Crippen molar-refractivity contribution in [3.63, 3.8) is 0 Å². The number of nitrogens with zero attached hydrogens (tertiary/aromatic N) is 5. The molecule has 1 amide bonds. The Morgan fingerprint density at radius 1 is 1.32 bits per heavy atom. The number of fused-ring (bicyclic) bond motifs is 1. The molecule has 0 radical (unpaired) electrons. The first-order valence-electron chi connectivity index (χ1n) is 8.92. The minimum atomic E-state index is 0.218. The third-order valence-electron chi connectivity index (χ3n) is 5.14. The Morgan fingerprint density at radius 3 is 2.64 bits per heavy atom. The topological polar surface area (TPSA) is 74.3 Å². The second-order valence-electron chi connectivity index (χ2n) is 7.41. The highest BCUT2D eigenvalue weighted by molar-refractivity contribution is 5.76. The van der Waals surface area contributed by atoms with E-state index < -0.39 is 0 Å². The normalized spacial score (nSPS) is 20.7. The maximum atomic E-state index is 12.6. The Hall–Kier alpha value is -2.42. The summed E-state index contributed by atoms with van der Waals surface area (Å²) in [4.78, 5) is 19.2.